The summed E-state index contributed by atoms with van der Waals surface area (Å²) < 4.78 is 14.5. The predicted molar refractivity (Wildman–Crippen MR) is 102 cm³/mol. The van der Waals surface area contributed by atoms with Crippen LogP contribution >= 0.6 is 0 Å². The summed E-state index contributed by atoms with van der Waals surface area (Å²) in [5, 5.41) is 17.5. The summed E-state index contributed by atoms with van der Waals surface area (Å²) in [6, 6.07) is 12.6. The number of pyridine rings is 1. The number of fused-ring (bicyclic) bond motifs is 1. The zero-order valence-electron chi connectivity index (χ0n) is 14.7. The summed E-state index contributed by atoms with van der Waals surface area (Å²) in [6.07, 6.45) is 1.33. The molecule has 2 aromatic heterocycles. The molecule has 0 saturated carbocycles. The number of carbonyl (C=O) groups is 1. The van der Waals surface area contributed by atoms with Crippen molar-refractivity contribution < 1.29 is 14.3 Å². The second kappa shape index (κ2) is 6.66. The molecule has 0 aliphatic carbocycles. The van der Waals surface area contributed by atoms with Crippen LogP contribution in [-0.2, 0) is 0 Å². The number of aromatic nitrogens is 3. The van der Waals surface area contributed by atoms with E-state index in [-0.39, 0.29) is 11.0 Å². The molecule has 7 nitrogen and oxygen atoms in total. The molecule has 4 aromatic rings. The molecule has 0 spiro atoms. The Morgan fingerprint density at radius 3 is 2.61 bits per heavy atom. The van der Waals surface area contributed by atoms with E-state index in [9.17, 15) is 19.1 Å². The first-order chi connectivity index (χ1) is 13.5. The van der Waals surface area contributed by atoms with Gasteiger partial charge in [0.15, 0.2) is 0 Å². The average Bonchev–Trinajstić information content (AvgIpc) is 3.08. The smallest absolute Gasteiger partial charge is 0.266 e. The number of anilines is 1. The Kier molecular flexibility index (Phi) is 4.15. The fourth-order valence-electron chi connectivity index (χ4n) is 2.94. The van der Waals surface area contributed by atoms with Gasteiger partial charge in [0.2, 0.25) is 0 Å². The summed E-state index contributed by atoms with van der Waals surface area (Å²) in [6.45, 7) is 1.82. The van der Waals surface area contributed by atoms with Gasteiger partial charge >= 0.3 is 0 Å². The molecule has 8 heteroatoms. The van der Waals surface area contributed by atoms with Gasteiger partial charge in [0.05, 0.1) is 17.3 Å². The lowest BCUT2D eigenvalue weighted by atomic mass is 10.1. The fraction of sp³-hybridized carbons (Fsp3) is 0.0500. The topological polar surface area (TPSA) is 100 Å². The first kappa shape index (κ1) is 17.5. The third kappa shape index (κ3) is 2.90. The van der Waals surface area contributed by atoms with Crippen LogP contribution in [0.1, 0.15) is 15.9 Å². The highest BCUT2D eigenvalue weighted by atomic mass is 19.1. The van der Waals surface area contributed by atoms with Crippen LogP contribution in [0.3, 0.4) is 0 Å². The van der Waals surface area contributed by atoms with Crippen LogP contribution in [0.15, 0.2) is 59.5 Å². The lowest BCUT2D eigenvalue weighted by molar-refractivity contribution is 0.102. The Hall–Kier alpha value is -3.94. The maximum Gasteiger partial charge on any atom is 0.266 e. The van der Waals surface area contributed by atoms with Gasteiger partial charge in [-0.25, -0.2) is 9.07 Å². The van der Waals surface area contributed by atoms with Gasteiger partial charge in [0.1, 0.15) is 22.8 Å². The van der Waals surface area contributed by atoms with Crippen LogP contribution in [-0.4, -0.2) is 25.8 Å². The molecule has 0 aliphatic heterocycles. The molecule has 4 rings (SSSR count). The molecule has 0 fully saturated rings. The molecule has 0 unspecified atom stereocenters. The van der Waals surface area contributed by atoms with E-state index in [1.54, 1.807) is 12.1 Å². The highest BCUT2D eigenvalue weighted by molar-refractivity contribution is 6.09. The Bertz CT molecular complexity index is 1260. The van der Waals surface area contributed by atoms with Crippen molar-refractivity contribution in [1.82, 2.24) is 14.8 Å². The van der Waals surface area contributed by atoms with E-state index in [0.717, 1.165) is 5.56 Å². The van der Waals surface area contributed by atoms with Crippen molar-refractivity contribution in [3.05, 3.63) is 82.0 Å². The number of nitrogens with zero attached hydrogens (tertiary/aromatic N) is 2. The molecular weight excluding hydrogens is 363 g/mol. The minimum atomic E-state index is -0.764. The minimum Gasteiger partial charge on any atom is -0.506 e. The quantitative estimate of drug-likeness (QED) is 0.510. The number of H-pyrrole nitrogens is 1. The molecule has 2 aromatic carbocycles. The second-order valence-corrected chi connectivity index (χ2v) is 6.24. The molecule has 2 heterocycles. The molecule has 140 valence electrons. The first-order valence-corrected chi connectivity index (χ1v) is 8.41. The van der Waals surface area contributed by atoms with Gasteiger partial charge in [-0.1, -0.05) is 18.2 Å². The number of para-hydroxylation sites is 1. The Morgan fingerprint density at radius 2 is 1.89 bits per heavy atom. The highest BCUT2D eigenvalue weighted by Gasteiger charge is 2.22. The fourth-order valence-corrected chi connectivity index (χ4v) is 2.94. The van der Waals surface area contributed by atoms with Crippen molar-refractivity contribution >= 4 is 22.6 Å². The van der Waals surface area contributed by atoms with Crippen molar-refractivity contribution in [1.29, 1.82) is 0 Å². The Labute approximate surface area is 158 Å². The van der Waals surface area contributed by atoms with Crippen LogP contribution in [0.25, 0.3) is 16.7 Å². The molecule has 0 saturated heterocycles. The van der Waals surface area contributed by atoms with E-state index < -0.39 is 28.6 Å². The van der Waals surface area contributed by atoms with Crippen molar-refractivity contribution in [2.45, 2.75) is 6.92 Å². The Morgan fingerprint density at radius 1 is 1.18 bits per heavy atom. The molecule has 0 radical (unpaired) electrons. The number of aryl methyl sites for hydroxylation is 1. The van der Waals surface area contributed by atoms with E-state index in [2.05, 4.69) is 15.4 Å². The largest absolute Gasteiger partial charge is 0.506 e. The lowest BCUT2D eigenvalue weighted by Gasteiger charge is -2.09. The predicted octanol–water partition coefficient (Wildman–Crippen LogP) is 3.12. The third-order valence-electron chi connectivity index (χ3n) is 4.41. The number of amides is 1. The Balaban J connectivity index is 1.79. The van der Waals surface area contributed by atoms with E-state index in [0.29, 0.717) is 11.4 Å². The lowest BCUT2D eigenvalue weighted by Crippen LogP contribution is -2.24. The van der Waals surface area contributed by atoms with E-state index >= 15 is 0 Å². The summed E-state index contributed by atoms with van der Waals surface area (Å²) in [7, 11) is 0. The molecule has 3 N–H and O–H groups in total. The molecule has 28 heavy (non-hydrogen) atoms. The number of hydrogen-bond acceptors (Lipinski definition) is 4. The molecule has 0 aliphatic rings. The normalized spacial score (nSPS) is 10.9. The van der Waals surface area contributed by atoms with Crippen LogP contribution in [0.2, 0.25) is 0 Å². The van der Waals surface area contributed by atoms with Gasteiger partial charge in [-0.05, 0) is 42.8 Å². The molecular formula is C20H15FN4O3. The molecule has 0 bridgehead atoms. The van der Waals surface area contributed by atoms with Crippen LogP contribution in [0, 0.1) is 12.7 Å². The van der Waals surface area contributed by atoms with E-state index in [1.165, 1.54) is 35.1 Å². The van der Waals surface area contributed by atoms with Crippen molar-refractivity contribution in [3.8, 4) is 11.4 Å². The zero-order chi connectivity index (χ0) is 19.8. The summed E-state index contributed by atoms with van der Waals surface area (Å²) in [4.78, 5) is 27.7. The monoisotopic (exact) mass is 378 g/mol. The number of rotatable bonds is 3. The van der Waals surface area contributed by atoms with Gasteiger partial charge in [0.25, 0.3) is 11.5 Å². The maximum absolute atomic E-state index is 13.1. The minimum absolute atomic E-state index is 0.193. The number of benzene rings is 2. The number of halogens is 1. The van der Waals surface area contributed by atoms with Crippen LogP contribution in [0.5, 0.6) is 5.75 Å². The summed E-state index contributed by atoms with van der Waals surface area (Å²) in [5.74, 6) is -1.62. The van der Waals surface area contributed by atoms with E-state index in [4.69, 9.17) is 0 Å². The van der Waals surface area contributed by atoms with E-state index in [1.807, 2.05) is 19.1 Å². The van der Waals surface area contributed by atoms with Crippen LogP contribution in [0.4, 0.5) is 10.1 Å². The number of aromatic amines is 1. The number of hydrogen-bond donors (Lipinski definition) is 3. The van der Waals surface area contributed by atoms with Crippen LogP contribution < -0.4 is 10.9 Å². The molecule has 0 atom stereocenters. The highest BCUT2D eigenvalue weighted by Crippen LogP contribution is 2.27. The summed E-state index contributed by atoms with van der Waals surface area (Å²) in [5.41, 5.74) is 0.866. The first-order valence-electron chi connectivity index (χ1n) is 8.41. The maximum atomic E-state index is 13.1. The zero-order valence-corrected chi connectivity index (χ0v) is 14.7. The van der Waals surface area contributed by atoms with Gasteiger partial charge in [-0.2, -0.15) is 5.10 Å². The number of nitrogens with one attached hydrogen (secondary N) is 2. The van der Waals surface area contributed by atoms with Crippen molar-refractivity contribution in [3.63, 3.8) is 0 Å². The second-order valence-electron chi connectivity index (χ2n) is 6.24. The third-order valence-corrected chi connectivity index (χ3v) is 4.41. The average molecular weight is 378 g/mol. The standard InChI is InChI=1S/C20H15FN4O3/c1-11-4-2-3-5-15(11)23-19(27)16-17(26)14-10-22-25(18(14)24-20(16)28)13-8-6-12(21)7-9-13/h2-10H,1H3,(H,23,27)(H2,24,26,28). The van der Waals surface area contributed by atoms with Gasteiger partial charge < -0.3 is 15.4 Å². The summed E-state index contributed by atoms with van der Waals surface area (Å²) >= 11 is 0. The number of carbonyl (C=O) groups excluding carboxylic acids is 1. The SMILES string of the molecule is Cc1ccccc1NC(=O)c1c(O)c2cnn(-c3ccc(F)cc3)c2[nH]c1=O. The number of aromatic hydroxyl groups is 1. The van der Waals surface area contributed by atoms with Gasteiger partial charge in [0, 0.05) is 5.69 Å². The van der Waals surface area contributed by atoms with Gasteiger partial charge in [-0.3, -0.25) is 9.59 Å². The molecule has 1 amide bonds. The van der Waals surface area contributed by atoms with Crippen molar-refractivity contribution in [2.24, 2.45) is 0 Å². The van der Waals surface area contributed by atoms with Gasteiger partial charge in [-0.15, -0.1) is 0 Å². The van der Waals surface area contributed by atoms with Crippen molar-refractivity contribution in [2.75, 3.05) is 5.32 Å².